The Morgan fingerprint density at radius 1 is 0.641 bits per heavy atom. The van der Waals surface area contributed by atoms with Crippen LogP contribution in [0.2, 0.25) is 0 Å². The first-order valence-electron chi connectivity index (χ1n) is 26.2. The fraction of sp³-hybridized carbons (Fsp3) is 0.444. The molecule has 7 atom stereocenters. The zero-order valence-electron chi connectivity index (χ0n) is 43.7. The number of nitrogens with two attached hydrogens (primary N) is 5. The second kappa shape index (κ2) is 28.0. The van der Waals surface area contributed by atoms with Crippen molar-refractivity contribution in [2.45, 2.75) is 139 Å². The highest BCUT2D eigenvalue weighted by Crippen LogP contribution is 2.30. The summed E-state index contributed by atoms with van der Waals surface area (Å²) in [6.07, 6.45) is 3.36. The number of fused-ring (bicyclic) bond motifs is 3. The molecule has 0 spiro atoms. The number of carboxylic acid groups (broad SMARTS) is 1. The van der Waals surface area contributed by atoms with Crippen molar-refractivity contribution < 1.29 is 48.3 Å². The van der Waals surface area contributed by atoms with Gasteiger partial charge in [0.15, 0.2) is 5.96 Å². The minimum atomic E-state index is -1.70. The minimum absolute atomic E-state index is 0.0265. The number of aromatic amines is 1. The molecule has 1 aromatic heterocycles. The lowest BCUT2D eigenvalue weighted by Crippen LogP contribution is -2.63. The molecule has 0 saturated heterocycles. The molecule has 9 amide bonds. The number of guanidine groups is 1. The number of aromatic nitrogens is 1. The molecule has 2 aliphatic heterocycles. The lowest BCUT2D eigenvalue weighted by Gasteiger charge is -2.43. The molecule has 0 aliphatic carbocycles. The molecule has 17 N–H and O–H groups in total. The van der Waals surface area contributed by atoms with Crippen molar-refractivity contribution in [1.82, 2.24) is 41.4 Å². The molecular weight excluding hydrogens is 1000 g/mol. The summed E-state index contributed by atoms with van der Waals surface area (Å²) in [4.78, 5) is 135. The van der Waals surface area contributed by atoms with Crippen LogP contribution in [0.4, 0.5) is 4.79 Å². The predicted molar refractivity (Wildman–Crippen MR) is 289 cm³/mol. The number of primary amides is 2. The van der Waals surface area contributed by atoms with Crippen LogP contribution in [0.5, 0.6) is 0 Å². The van der Waals surface area contributed by atoms with Crippen molar-refractivity contribution in [2.75, 3.05) is 13.1 Å². The van der Waals surface area contributed by atoms with Crippen LogP contribution in [0, 0.1) is 0 Å². The number of carbonyl (C=O) groups excluding carboxylic acids is 8. The van der Waals surface area contributed by atoms with Crippen LogP contribution in [0.1, 0.15) is 92.5 Å². The van der Waals surface area contributed by atoms with Crippen LogP contribution in [0.25, 0.3) is 10.9 Å². The molecule has 3 heterocycles. The Morgan fingerprint density at radius 3 is 1.81 bits per heavy atom. The van der Waals surface area contributed by atoms with Gasteiger partial charge in [0.25, 0.3) is 0 Å². The molecule has 24 nitrogen and oxygen atoms in total. The van der Waals surface area contributed by atoms with Crippen molar-refractivity contribution in [2.24, 2.45) is 33.7 Å². The molecule has 4 aromatic rings. The van der Waals surface area contributed by atoms with Crippen LogP contribution in [0.15, 0.2) is 84.0 Å². The number of benzene rings is 3. The van der Waals surface area contributed by atoms with E-state index in [0.717, 1.165) is 16.5 Å². The van der Waals surface area contributed by atoms with Crippen LogP contribution in [-0.2, 0) is 70.7 Å². The van der Waals surface area contributed by atoms with Crippen molar-refractivity contribution in [3.05, 3.63) is 107 Å². The number of carboxylic acids is 1. The summed E-state index contributed by atoms with van der Waals surface area (Å²) in [5.74, 6) is -7.08. The van der Waals surface area contributed by atoms with E-state index in [1.165, 1.54) is 9.80 Å². The van der Waals surface area contributed by atoms with Gasteiger partial charge in [0.05, 0.1) is 6.42 Å². The average molecular weight is 1080 g/mol. The maximum absolute atomic E-state index is 15.5. The maximum atomic E-state index is 15.5. The largest absolute Gasteiger partial charge is 0.481 e. The van der Waals surface area contributed by atoms with Crippen molar-refractivity contribution in [3.8, 4) is 0 Å². The summed E-state index contributed by atoms with van der Waals surface area (Å²) >= 11 is 0. The SMILES string of the molecule is CCCC[C@H](NC(N)=O)C(=O)N[C@@H](CC(=O)O)C(=O)N1Cc2ccccc2C[C@H]1C(=O)N1Cc2ccccc2C[C@@H]1C(=O)N[C@@H](CCCN=C(N)N)C(=O)N[C@@H](Cc1c[nH]c2ccccc12)C(=O)N[C@@H](CCCCN)C(N)=O. The lowest BCUT2D eigenvalue weighted by atomic mass is 9.89. The summed E-state index contributed by atoms with van der Waals surface area (Å²) in [7, 11) is 0. The second-order valence-corrected chi connectivity index (χ2v) is 19.7. The molecule has 24 heteroatoms. The van der Waals surface area contributed by atoms with Crippen LogP contribution in [0.3, 0.4) is 0 Å². The van der Waals surface area contributed by atoms with E-state index < -0.39 is 102 Å². The fourth-order valence-corrected chi connectivity index (χ4v) is 9.94. The zero-order valence-corrected chi connectivity index (χ0v) is 43.7. The zero-order chi connectivity index (χ0) is 56.5. The highest BCUT2D eigenvalue weighted by molar-refractivity contribution is 5.99. The number of nitrogens with zero attached hydrogens (tertiary/aromatic N) is 3. The Morgan fingerprint density at radius 2 is 1.19 bits per heavy atom. The number of amides is 9. The number of para-hydroxylation sites is 1. The van der Waals surface area contributed by atoms with Crippen molar-refractivity contribution in [3.63, 3.8) is 0 Å². The molecular formula is C54H72N14O10. The van der Waals surface area contributed by atoms with Gasteiger partial charge in [-0.25, -0.2) is 4.79 Å². The van der Waals surface area contributed by atoms with E-state index in [-0.39, 0.29) is 70.5 Å². The number of hydrogen-bond donors (Lipinski definition) is 12. The average Bonchev–Trinajstić information content (AvgIpc) is 3.88. The minimum Gasteiger partial charge on any atom is -0.481 e. The van der Waals surface area contributed by atoms with Gasteiger partial charge in [-0.1, -0.05) is 86.5 Å². The molecule has 0 saturated carbocycles. The van der Waals surface area contributed by atoms with Crippen LogP contribution < -0.4 is 55.3 Å². The van der Waals surface area contributed by atoms with Crippen molar-refractivity contribution >= 4 is 70.2 Å². The molecule has 2 aliphatic rings. The molecule has 3 aromatic carbocycles. The topological polar surface area (TPSA) is 399 Å². The first-order valence-corrected chi connectivity index (χ1v) is 26.2. The smallest absolute Gasteiger partial charge is 0.312 e. The van der Waals surface area contributed by atoms with E-state index in [1.807, 2.05) is 37.3 Å². The Bertz CT molecular complexity index is 2850. The first-order chi connectivity index (χ1) is 37.4. The molecule has 418 valence electrons. The summed E-state index contributed by atoms with van der Waals surface area (Å²) in [6, 6.07) is 11.4. The number of unbranched alkanes of at least 4 members (excludes halogenated alkanes) is 2. The van der Waals surface area contributed by atoms with E-state index >= 15 is 9.59 Å². The third-order valence-corrected chi connectivity index (χ3v) is 14.0. The molecule has 6 rings (SSSR count). The normalized spacial score (nSPS) is 16.6. The standard InChI is InChI=1S/C54H72N14O10/c1-2-3-18-40(66-54(59)78)48(73)65-42(27-45(69)70)51(76)68-30-34-16-7-5-14-32(34)26-44(68)52(77)67-29-33-15-6-4-13-31(33)25-43(67)50(75)63-39(21-12-23-60-53(57)58)47(72)64-41(24-35-28-61-37-19-9-8-17-36(35)37)49(74)62-38(46(56)71)20-10-11-22-55/h4-9,13-17,19,28,38-44,61H,2-3,10-12,18,20-27,29-30,55H2,1H3,(H2,56,71)(H,62,74)(H,63,75)(H,64,72)(H,65,73)(H,69,70)(H4,57,58,60)(H3,59,66,78)/t38-,39-,40-,41-,42-,43+,44-/m0/s1. The molecule has 0 bridgehead atoms. The van der Waals surface area contributed by atoms with Crippen LogP contribution in [-0.4, -0.2) is 135 Å². The van der Waals surface area contributed by atoms with E-state index in [4.69, 9.17) is 28.7 Å². The molecule has 78 heavy (non-hydrogen) atoms. The monoisotopic (exact) mass is 1080 g/mol. The molecule has 0 fully saturated rings. The first kappa shape index (κ1) is 58.7. The van der Waals surface area contributed by atoms with Gasteiger partial charge in [-0.2, -0.15) is 0 Å². The fourth-order valence-electron chi connectivity index (χ4n) is 9.94. The summed E-state index contributed by atoms with van der Waals surface area (Å²) in [6.45, 7) is 2.00. The maximum Gasteiger partial charge on any atom is 0.312 e. The van der Waals surface area contributed by atoms with E-state index in [9.17, 15) is 38.7 Å². The third-order valence-electron chi connectivity index (χ3n) is 14.0. The lowest BCUT2D eigenvalue weighted by molar-refractivity contribution is -0.154. The van der Waals surface area contributed by atoms with Gasteiger partial charge < -0.3 is 75.1 Å². The van der Waals surface area contributed by atoms with Gasteiger partial charge in [-0.05, 0) is 79.0 Å². The van der Waals surface area contributed by atoms with Gasteiger partial charge in [0, 0.05) is 56.0 Å². The summed E-state index contributed by atoms with van der Waals surface area (Å²) < 4.78 is 0. The summed E-state index contributed by atoms with van der Waals surface area (Å²) in [5.41, 5.74) is 32.3. The highest BCUT2D eigenvalue weighted by Gasteiger charge is 2.45. The Balaban J connectivity index is 1.33. The van der Waals surface area contributed by atoms with E-state index in [2.05, 4.69) is 36.6 Å². The number of aliphatic carboxylic acids is 1. The van der Waals surface area contributed by atoms with Gasteiger partial charge >= 0.3 is 12.0 Å². The number of nitrogens with one attached hydrogen (secondary N) is 6. The quantitative estimate of drug-likeness (QED) is 0.0212. The number of H-pyrrole nitrogens is 1. The molecule has 0 radical (unpaired) electrons. The molecule has 0 unspecified atom stereocenters. The number of rotatable bonds is 27. The number of aliphatic imine (C=N–C) groups is 1. The Hall–Kier alpha value is -8.54. The number of urea groups is 1. The van der Waals surface area contributed by atoms with Gasteiger partial charge in [0.2, 0.25) is 41.4 Å². The second-order valence-electron chi connectivity index (χ2n) is 19.7. The van der Waals surface area contributed by atoms with E-state index in [0.29, 0.717) is 54.5 Å². The van der Waals surface area contributed by atoms with Gasteiger partial charge in [-0.3, -0.25) is 43.3 Å². The van der Waals surface area contributed by atoms with E-state index in [1.54, 1.807) is 48.7 Å². The highest BCUT2D eigenvalue weighted by atomic mass is 16.4. The number of carbonyl (C=O) groups is 9. The Labute approximate surface area is 451 Å². The predicted octanol–water partition coefficient (Wildman–Crippen LogP) is -0.0737. The van der Waals surface area contributed by atoms with Crippen molar-refractivity contribution in [1.29, 1.82) is 0 Å². The Kier molecular flexibility index (Phi) is 21.1. The third kappa shape index (κ3) is 15.8. The van der Waals surface area contributed by atoms with Crippen LogP contribution >= 0.6 is 0 Å². The summed E-state index contributed by atoms with van der Waals surface area (Å²) in [5, 5.41) is 24.1. The van der Waals surface area contributed by atoms with Gasteiger partial charge in [-0.15, -0.1) is 0 Å². The number of hydrogen-bond acceptors (Lipinski definition) is 11. The van der Waals surface area contributed by atoms with Gasteiger partial charge in [0.1, 0.15) is 42.3 Å².